The Morgan fingerprint density at radius 2 is 1.97 bits per heavy atom. The van der Waals surface area contributed by atoms with Gasteiger partial charge in [0.1, 0.15) is 25.2 Å². The molecule has 38 heavy (non-hydrogen) atoms. The Hall–Kier alpha value is -3.53. The summed E-state index contributed by atoms with van der Waals surface area (Å²) in [5, 5.41) is 2.95. The van der Waals surface area contributed by atoms with Crippen molar-refractivity contribution in [2.75, 3.05) is 18.1 Å². The molecule has 10 heteroatoms. The zero-order chi connectivity index (χ0) is 26.5. The van der Waals surface area contributed by atoms with E-state index in [2.05, 4.69) is 20.3 Å². The van der Waals surface area contributed by atoms with Gasteiger partial charge in [0, 0.05) is 12.6 Å². The Kier molecular flexibility index (Phi) is 8.17. The second-order valence-corrected chi connectivity index (χ2v) is 10.2. The topological polar surface area (TPSA) is 111 Å². The summed E-state index contributed by atoms with van der Waals surface area (Å²) >= 11 is 0. The molecule has 1 amide bonds. The van der Waals surface area contributed by atoms with Crippen LogP contribution >= 0.6 is 0 Å². The Bertz CT molecular complexity index is 1240. The molecule has 0 spiro atoms. The lowest BCUT2D eigenvalue weighted by Gasteiger charge is -2.27. The first-order valence-electron chi connectivity index (χ1n) is 13.6. The molecule has 0 bridgehead atoms. The predicted octanol–water partition coefficient (Wildman–Crippen LogP) is 3.77. The van der Waals surface area contributed by atoms with Gasteiger partial charge in [-0.05, 0) is 43.6 Å². The fourth-order valence-electron chi connectivity index (χ4n) is 4.83. The number of hydrogen-bond donors (Lipinski definition) is 1. The number of esters is 1. The second kappa shape index (κ2) is 11.9. The maximum atomic E-state index is 13.3. The highest BCUT2D eigenvalue weighted by molar-refractivity contribution is 5.90. The molecule has 2 aromatic heterocycles. The van der Waals surface area contributed by atoms with E-state index >= 15 is 0 Å². The van der Waals surface area contributed by atoms with Crippen molar-refractivity contribution in [2.24, 2.45) is 5.92 Å². The fourth-order valence-corrected chi connectivity index (χ4v) is 4.83. The van der Waals surface area contributed by atoms with Gasteiger partial charge in [0.2, 0.25) is 5.91 Å². The normalized spacial score (nSPS) is 19.1. The van der Waals surface area contributed by atoms with Crippen LogP contribution in [0.1, 0.15) is 64.2 Å². The lowest BCUT2D eigenvalue weighted by Crippen LogP contribution is -2.49. The van der Waals surface area contributed by atoms with Crippen LogP contribution in [0.2, 0.25) is 0 Å². The third-order valence-corrected chi connectivity index (χ3v) is 7.39. The highest BCUT2D eigenvalue weighted by Crippen LogP contribution is 2.34. The van der Waals surface area contributed by atoms with Crippen molar-refractivity contribution in [1.29, 1.82) is 0 Å². The summed E-state index contributed by atoms with van der Waals surface area (Å²) in [6.45, 7) is 4.91. The number of ether oxygens (including phenoxy) is 2. The van der Waals surface area contributed by atoms with E-state index in [0.717, 1.165) is 50.7 Å². The molecule has 202 valence electrons. The standard InChI is InChI=1S/C28H36N6O4/c1-3-19(2)24(28(36)38-16-20-9-5-4-6-10-20)32-22(35)15-33(21-12-13-21)26-25-27(30-17-29-26)34(18-31-25)23-11-7-8-14-37-23/h4-6,9-10,17-19,21,23-24H,3,7-8,11-16H2,1-2H3,(H,32,35)/t19-,23?,24-/m0/s1. The number of amides is 1. The number of rotatable bonds is 11. The molecule has 0 radical (unpaired) electrons. The summed E-state index contributed by atoms with van der Waals surface area (Å²) in [5.74, 6) is -0.117. The summed E-state index contributed by atoms with van der Waals surface area (Å²) in [6.07, 6.45) is 8.93. The summed E-state index contributed by atoms with van der Waals surface area (Å²) in [4.78, 5) is 41.9. The number of benzene rings is 1. The average Bonchev–Trinajstić information content (AvgIpc) is 3.71. The van der Waals surface area contributed by atoms with Gasteiger partial charge in [-0.2, -0.15) is 0 Å². The zero-order valence-electron chi connectivity index (χ0n) is 22.1. The van der Waals surface area contributed by atoms with Crippen LogP contribution in [0.25, 0.3) is 11.2 Å². The quantitative estimate of drug-likeness (QED) is 0.381. The van der Waals surface area contributed by atoms with Crippen LogP contribution < -0.4 is 10.2 Å². The van der Waals surface area contributed by atoms with E-state index in [9.17, 15) is 9.59 Å². The van der Waals surface area contributed by atoms with Crippen LogP contribution in [0.3, 0.4) is 0 Å². The molecule has 2 aliphatic rings. The van der Waals surface area contributed by atoms with Crippen molar-refractivity contribution in [1.82, 2.24) is 24.8 Å². The first-order chi connectivity index (χ1) is 18.5. The van der Waals surface area contributed by atoms with E-state index < -0.39 is 12.0 Å². The maximum Gasteiger partial charge on any atom is 0.329 e. The number of fused-ring (bicyclic) bond motifs is 1. The molecule has 1 saturated heterocycles. The van der Waals surface area contributed by atoms with Crippen molar-refractivity contribution in [2.45, 2.75) is 77.3 Å². The minimum absolute atomic E-state index is 0.0719. The van der Waals surface area contributed by atoms with Gasteiger partial charge in [0.25, 0.3) is 0 Å². The van der Waals surface area contributed by atoms with Crippen LogP contribution in [0, 0.1) is 5.92 Å². The first kappa shape index (κ1) is 26.1. The number of anilines is 1. The molecule has 1 aliphatic carbocycles. The van der Waals surface area contributed by atoms with Gasteiger partial charge in [0.05, 0.1) is 12.9 Å². The van der Waals surface area contributed by atoms with Crippen molar-refractivity contribution in [3.8, 4) is 0 Å². The van der Waals surface area contributed by atoms with E-state index in [1.54, 1.807) is 6.33 Å². The number of carbonyl (C=O) groups is 2. The largest absolute Gasteiger partial charge is 0.459 e. The minimum Gasteiger partial charge on any atom is -0.459 e. The molecular weight excluding hydrogens is 484 g/mol. The average molecular weight is 521 g/mol. The van der Waals surface area contributed by atoms with Crippen LogP contribution in [0.5, 0.6) is 0 Å². The number of imidazole rings is 1. The smallest absolute Gasteiger partial charge is 0.329 e. The first-order valence-corrected chi connectivity index (χ1v) is 13.6. The fraction of sp³-hybridized carbons (Fsp3) is 0.536. The van der Waals surface area contributed by atoms with Crippen LogP contribution in [0.4, 0.5) is 5.82 Å². The molecule has 2 fully saturated rings. The molecule has 1 N–H and O–H groups in total. The number of nitrogens with zero attached hydrogens (tertiary/aromatic N) is 5. The van der Waals surface area contributed by atoms with Gasteiger partial charge in [-0.1, -0.05) is 50.6 Å². The molecule has 3 atom stereocenters. The van der Waals surface area contributed by atoms with E-state index in [-0.39, 0.29) is 37.2 Å². The van der Waals surface area contributed by atoms with Gasteiger partial charge in [-0.3, -0.25) is 9.36 Å². The Labute approximate surface area is 222 Å². The summed E-state index contributed by atoms with van der Waals surface area (Å²) in [7, 11) is 0. The summed E-state index contributed by atoms with van der Waals surface area (Å²) < 4.78 is 13.5. The van der Waals surface area contributed by atoms with E-state index in [1.807, 2.05) is 53.6 Å². The Morgan fingerprint density at radius 3 is 2.68 bits per heavy atom. The summed E-state index contributed by atoms with van der Waals surface area (Å²) in [6, 6.07) is 8.99. The maximum absolute atomic E-state index is 13.3. The third-order valence-electron chi connectivity index (χ3n) is 7.39. The minimum atomic E-state index is -0.731. The van der Waals surface area contributed by atoms with Crippen LogP contribution in [-0.2, 0) is 25.7 Å². The van der Waals surface area contributed by atoms with Gasteiger partial charge in [-0.25, -0.2) is 19.7 Å². The highest BCUT2D eigenvalue weighted by Gasteiger charge is 2.35. The van der Waals surface area contributed by atoms with Crippen molar-refractivity contribution < 1.29 is 19.1 Å². The zero-order valence-corrected chi connectivity index (χ0v) is 22.1. The summed E-state index contributed by atoms with van der Waals surface area (Å²) in [5.41, 5.74) is 2.26. The van der Waals surface area contributed by atoms with Crippen LogP contribution in [0.15, 0.2) is 43.0 Å². The number of hydrogen-bond acceptors (Lipinski definition) is 8. The van der Waals surface area contributed by atoms with Gasteiger partial charge in [0.15, 0.2) is 17.0 Å². The van der Waals surface area contributed by atoms with Gasteiger partial charge < -0.3 is 19.7 Å². The monoisotopic (exact) mass is 520 g/mol. The molecule has 1 unspecified atom stereocenters. The van der Waals surface area contributed by atoms with E-state index in [4.69, 9.17) is 9.47 Å². The van der Waals surface area contributed by atoms with Crippen molar-refractivity contribution >= 4 is 28.9 Å². The molecule has 1 aliphatic heterocycles. The Morgan fingerprint density at radius 1 is 1.16 bits per heavy atom. The lowest BCUT2D eigenvalue weighted by molar-refractivity contribution is -0.150. The molecule has 10 nitrogen and oxygen atoms in total. The van der Waals surface area contributed by atoms with Gasteiger partial charge in [-0.15, -0.1) is 0 Å². The highest BCUT2D eigenvalue weighted by atomic mass is 16.5. The third kappa shape index (κ3) is 5.96. The van der Waals surface area contributed by atoms with Gasteiger partial charge >= 0.3 is 5.97 Å². The molecule has 1 aromatic carbocycles. The second-order valence-electron chi connectivity index (χ2n) is 10.2. The molecule has 3 heterocycles. The van der Waals surface area contributed by atoms with E-state index in [1.165, 1.54) is 6.33 Å². The molecule has 3 aromatic rings. The number of aromatic nitrogens is 4. The predicted molar refractivity (Wildman–Crippen MR) is 142 cm³/mol. The molecule has 1 saturated carbocycles. The Balaban J connectivity index is 1.30. The SMILES string of the molecule is CC[C@H](C)[C@H](NC(=O)CN(c1ncnc2c1ncn2C1CCCCO1)C1CC1)C(=O)OCc1ccccc1. The van der Waals surface area contributed by atoms with E-state index in [0.29, 0.717) is 17.0 Å². The van der Waals surface area contributed by atoms with Crippen LogP contribution in [-0.4, -0.2) is 56.6 Å². The number of nitrogens with one attached hydrogen (secondary N) is 1. The molecular formula is C28H36N6O4. The van der Waals surface area contributed by atoms with Crippen molar-refractivity contribution in [3.05, 3.63) is 48.5 Å². The number of carbonyl (C=O) groups excluding carboxylic acids is 2. The lowest BCUT2D eigenvalue weighted by atomic mass is 9.99. The van der Waals surface area contributed by atoms with Crippen molar-refractivity contribution in [3.63, 3.8) is 0 Å². The molecule has 5 rings (SSSR count).